The normalized spacial score (nSPS) is 10.8. The van der Waals surface area contributed by atoms with Gasteiger partial charge in [0.1, 0.15) is 5.65 Å². The van der Waals surface area contributed by atoms with Crippen molar-refractivity contribution in [2.75, 3.05) is 5.73 Å². The topological polar surface area (TPSA) is 43.8 Å². The van der Waals surface area contributed by atoms with E-state index >= 15 is 0 Å². The summed E-state index contributed by atoms with van der Waals surface area (Å²) in [5.41, 5.74) is 8.66. The van der Waals surface area contributed by atoms with Gasteiger partial charge < -0.3 is 10.3 Å². The van der Waals surface area contributed by atoms with Crippen molar-refractivity contribution < 1.29 is 0 Å². The van der Waals surface area contributed by atoms with Crippen LogP contribution < -0.4 is 5.73 Å². The van der Waals surface area contributed by atoms with Crippen LogP contribution in [0.2, 0.25) is 0 Å². The molecule has 3 aromatic rings. The second-order valence-corrected chi connectivity index (χ2v) is 4.11. The summed E-state index contributed by atoms with van der Waals surface area (Å²) in [5, 5.41) is 1.08. The fourth-order valence-electron chi connectivity index (χ4n) is 2.00. The zero-order valence-electron chi connectivity index (χ0n) is 9.38. The van der Waals surface area contributed by atoms with Crippen molar-refractivity contribution in [2.45, 2.75) is 6.54 Å². The Hall–Kier alpha value is -2.29. The van der Waals surface area contributed by atoms with Crippen LogP contribution in [0, 0.1) is 0 Å². The molecule has 0 atom stereocenters. The first-order valence-electron chi connectivity index (χ1n) is 5.57. The summed E-state index contributed by atoms with van der Waals surface area (Å²) in [5.74, 6) is 0. The average Bonchev–Trinajstić information content (AvgIpc) is 2.73. The number of nitrogens with zero attached hydrogens (tertiary/aromatic N) is 2. The molecule has 84 valence electrons. The Morgan fingerprint density at radius 2 is 1.94 bits per heavy atom. The van der Waals surface area contributed by atoms with E-state index in [0.29, 0.717) is 5.69 Å². The third kappa shape index (κ3) is 1.87. The Morgan fingerprint density at radius 3 is 2.76 bits per heavy atom. The van der Waals surface area contributed by atoms with E-state index in [1.165, 1.54) is 5.56 Å². The molecule has 0 aliphatic carbocycles. The summed E-state index contributed by atoms with van der Waals surface area (Å²) in [4.78, 5) is 4.37. The molecule has 2 aromatic heterocycles. The van der Waals surface area contributed by atoms with Crippen molar-refractivity contribution in [1.82, 2.24) is 9.55 Å². The van der Waals surface area contributed by atoms with E-state index in [1.807, 2.05) is 36.5 Å². The van der Waals surface area contributed by atoms with Gasteiger partial charge in [-0.3, -0.25) is 0 Å². The molecule has 0 spiro atoms. The summed E-state index contributed by atoms with van der Waals surface area (Å²) in [6, 6.07) is 14.3. The third-order valence-corrected chi connectivity index (χ3v) is 2.82. The van der Waals surface area contributed by atoms with Gasteiger partial charge in [0, 0.05) is 18.1 Å². The Labute approximate surface area is 99.5 Å². The SMILES string of the molecule is Nc1cnc2c(ccn2Cc2ccccc2)c1. The fourth-order valence-corrected chi connectivity index (χ4v) is 2.00. The zero-order valence-corrected chi connectivity index (χ0v) is 9.38. The summed E-state index contributed by atoms with van der Waals surface area (Å²) < 4.78 is 2.13. The quantitative estimate of drug-likeness (QED) is 0.725. The maximum Gasteiger partial charge on any atom is 0.140 e. The predicted octanol–water partition coefficient (Wildman–Crippen LogP) is 2.67. The number of nitrogens with two attached hydrogens (primary N) is 1. The van der Waals surface area contributed by atoms with E-state index in [-0.39, 0.29) is 0 Å². The van der Waals surface area contributed by atoms with Gasteiger partial charge in [0.25, 0.3) is 0 Å². The van der Waals surface area contributed by atoms with E-state index in [2.05, 4.69) is 21.7 Å². The number of benzene rings is 1. The number of fused-ring (bicyclic) bond motifs is 1. The molecule has 0 fully saturated rings. The number of pyridine rings is 1. The molecule has 3 rings (SSSR count). The van der Waals surface area contributed by atoms with Gasteiger partial charge in [0.2, 0.25) is 0 Å². The van der Waals surface area contributed by atoms with Crippen LogP contribution in [0.5, 0.6) is 0 Å². The fraction of sp³-hybridized carbons (Fsp3) is 0.0714. The standard InChI is InChI=1S/C14H13N3/c15-13-8-12-6-7-17(14(12)16-9-13)10-11-4-2-1-3-5-11/h1-9H,10,15H2. The lowest BCUT2D eigenvalue weighted by Crippen LogP contribution is -1.99. The molecule has 0 amide bonds. The molecule has 17 heavy (non-hydrogen) atoms. The van der Waals surface area contributed by atoms with Gasteiger partial charge in [-0.1, -0.05) is 30.3 Å². The van der Waals surface area contributed by atoms with Gasteiger partial charge in [-0.15, -0.1) is 0 Å². The van der Waals surface area contributed by atoms with Gasteiger partial charge in [0.15, 0.2) is 0 Å². The van der Waals surface area contributed by atoms with Crippen LogP contribution in [-0.2, 0) is 6.54 Å². The number of nitrogen functional groups attached to an aromatic ring is 1. The van der Waals surface area contributed by atoms with Crippen LogP contribution in [0.4, 0.5) is 5.69 Å². The molecule has 2 N–H and O–H groups in total. The van der Waals surface area contributed by atoms with Crippen molar-refractivity contribution >= 4 is 16.7 Å². The van der Waals surface area contributed by atoms with Crippen LogP contribution in [0.1, 0.15) is 5.56 Å². The summed E-state index contributed by atoms with van der Waals surface area (Å²) in [6.07, 6.45) is 3.74. The van der Waals surface area contributed by atoms with Crippen molar-refractivity contribution in [3.05, 3.63) is 60.4 Å². The Morgan fingerprint density at radius 1 is 1.12 bits per heavy atom. The maximum atomic E-state index is 5.71. The molecule has 0 saturated heterocycles. The first-order chi connectivity index (χ1) is 8.33. The van der Waals surface area contributed by atoms with Gasteiger partial charge >= 0.3 is 0 Å². The predicted molar refractivity (Wildman–Crippen MR) is 69.7 cm³/mol. The molecule has 0 aliphatic rings. The van der Waals surface area contributed by atoms with Gasteiger partial charge in [-0.05, 0) is 17.7 Å². The monoisotopic (exact) mass is 223 g/mol. The molecule has 3 nitrogen and oxygen atoms in total. The highest BCUT2D eigenvalue weighted by Gasteiger charge is 2.03. The highest BCUT2D eigenvalue weighted by Crippen LogP contribution is 2.17. The first kappa shape index (κ1) is 9.90. The third-order valence-electron chi connectivity index (χ3n) is 2.82. The molecule has 2 heterocycles. The largest absolute Gasteiger partial charge is 0.397 e. The average molecular weight is 223 g/mol. The second-order valence-electron chi connectivity index (χ2n) is 4.11. The van der Waals surface area contributed by atoms with Gasteiger partial charge in [-0.2, -0.15) is 0 Å². The lowest BCUT2D eigenvalue weighted by atomic mass is 10.2. The molecular weight excluding hydrogens is 210 g/mol. The molecule has 0 bridgehead atoms. The van der Waals surface area contributed by atoms with Crippen molar-refractivity contribution in [2.24, 2.45) is 0 Å². The molecular formula is C14H13N3. The molecule has 0 radical (unpaired) electrons. The number of hydrogen-bond donors (Lipinski definition) is 1. The zero-order chi connectivity index (χ0) is 11.7. The molecule has 0 unspecified atom stereocenters. The Kier molecular flexibility index (Phi) is 2.29. The van der Waals surface area contributed by atoms with Gasteiger partial charge in [0.05, 0.1) is 11.9 Å². The van der Waals surface area contributed by atoms with Crippen LogP contribution in [0.25, 0.3) is 11.0 Å². The molecule has 0 aliphatic heterocycles. The van der Waals surface area contributed by atoms with Crippen molar-refractivity contribution in [1.29, 1.82) is 0 Å². The number of hydrogen-bond acceptors (Lipinski definition) is 2. The minimum absolute atomic E-state index is 0.704. The maximum absolute atomic E-state index is 5.71. The van der Waals surface area contributed by atoms with E-state index < -0.39 is 0 Å². The van der Waals surface area contributed by atoms with E-state index in [9.17, 15) is 0 Å². The highest BCUT2D eigenvalue weighted by molar-refractivity contribution is 5.79. The first-order valence-corrected chi connectivity index (χ1v) is 5.57. The number of aromatic nitrogens is 2. The summed E-state index contributed by atoms with van der Waals surface area (Å²) in [7, 11) is 0. The van der Waals surface area contributed by atoms with E-state index in [4.69, 9.17) is 5.73 Å². The van der Waals surface area contributed by atoms with Crippen LogP contribution in [0.15, 0.2) is 54.9 Å². The van der Waals surface area contributed by atoms with Crippen molar-refractivity contribution in [3.8, 4) is 0 Å². The number of rotatable bonds is 2. The smallest absolute Gasteiger partial charge is 0.140 e. The van der Waals surface area contributed by atoms with Crippen molar-refractivity contribution in [3.63, 3.8) is 0 Å². The molecule has 1 aromatic carbocycles. The molecule has 3 heteroatoms. The molecule has 0 saturated carbocycles. The summed E-state index contributed by atoms with van der Waals surface area (Å²) in [6.45, 7) is 0.835. The lowest BCUT2D eigenvalue weighted by Gasteiger charge is -2.04. The van der Waals surface area contributed by atoms with E-state index in [0.717, 1.165) is 17.6 Å². The lowest BCUT2D eigenvalue weighted by molar-refractivity contribution is 0.825. The minimum atomic E-state index is 0.704. The number of anilines is 1. The van der Waals surface area contributed by atoms with Crippen LogP contribution >= 0.6 is 0 Å². The van der Waals surface area contributed by atoms with Gasteiger partial charge in [-0.25, -0.2) is 4.98 Å². The van der Waals surface area contributed by atoms with Crippen LogP contribution in [0.3, 0.4) is 0 Å². The highest BCUT2D eigenvalue weighted by atomic mass is 15.0. The minimum Gasteiger partial charge on any atom is -0.397 e. The Bertz CT molecular complexity index is 641. The second kappa shape index (κ2) is 3.94. The van der Waals surface area contributed by atoms with E-state index in [1.54, 1.807) is 6.20 Å². The Balaban J connectivity index is 2.01. The summed E-state index contributed by atoms with van der Waals surface area (Å²) >= 11 is 0. The van der Waals surface area contributed by atoms with Crippen LogP contribution in [-0.4, -0.2) is 9.55 Å².